The van der Waals surface area contributed by atoms with E-state index in [2.05, 4.69) is 15.1 Å². The van der Waals surface area contributed by atoms with Crippen molar-refractivity contribution < 1.29 is 23.9 Å². The fourth-order valence-electron chi connectivity index (χ4n) is 3.81. The number of nitrogens with zero attached hydrogens (tertiary/aromatic N) is 2. The highest BCUT2D eigenvalue weighted by atomic mass is 32.1. The van der Waals surface area contributed by atoms with Crippen LogP contribution in [0.1, 0.15) is 38.4 Å². The molecule has 9 heteroatoms. The molecule has 8 nitrogen and oxygen atoms in total. The summed E-state index contributed by atoms with van der Waals surface area (Å²) in [4.78, 5) is 41.5. The minimum Gasteiger partial charge on any atom is -0.465 e. The van der Waals surface area contributed by atoms with Gasteiger partial charge < -0.3 is 14.8 Å². The van der Waals surface area contributed by atoms with Crippen molar-refractivity contribution in [2.75, 3.05) is 52.3 Å². The second kappa shape index (κ2) is 8.37. The lowest BCUT2D eigenvalue weighted by atomic mass is 10.1. The Kier molecular flexibility index (Phi) is 6.13. The van der Waals surface area contributed by atoms with Crippen LogP contribution in [0.3, 0.4) is 0 Å². The standard InChI is InChI=1S/C18H25N3O5S/c1-11-14(17(23)25-2)16(27-15(11)18(24)26-3)19-13(22)10-20-7-8-21-6-4-5-12(21)9-20/h12H,4-10H2,1-3H3,(H,19,22). The number of piperazine rings is 1. The van der Waals surface area contributed by atoms with Gasteiger partial charge in [0.15, 0.2) is 0 Å². The minimum absolute atomic E-state index is 0.204. The molecule has 1 aromatic heterocycles. The molecule has 1 amide bonds. The zero-order valence-electron chi connectivity index (χ0n) is 15.9. The van der Waals surface area contributed by atoms with E-state index in [4.69, 9.17) is 9.47 Å². The van der Waals surface area contributed by atoms with Crippen LogP contribution in [0.25, 0.3) is 0 Å². The zero-order chi connectivity index (χ0) is 19.6. The Balaban J connectivity index is 1.71. The van der Waals surface area contributed by atoms with E-state index in [1.54, 1.807) is 6.92 Å². The van der Waals surface area contributed by atoms with Crippen LogP contribution >= 0.6 is 11.3 Å². The number of carbonyl (C=O) groups is 3. The van der Waals surface area contributed by atoms with Crippen LogP contribution in [0.15, 0.2) is 0 Å². The van der Waals surface area contributed by atoms with Gasteiger partial charge in [-0.25, -0.2) is 9.59 Å². The van der Waals surface area contributed by atoms with Gasteiger partial charge in [-0.15, -0.1) is 11.3 Å². The van der Waals surface area contributed by atoms with Gasteiger partial charge in [0.25, 0.3) is 0 Å². The molecule has 2 aliphatic heterocycles. The van der Waals surface area contributed by atoms with E-state index in [-0.39, 0.29) is 22.9 Å². The van der Waals surface area contributed by atoms with Crippen molar-refractivity contribution in [3.8, 4) is 0 Å². The first-order valence-corrected chi connectivity index (χ1v) is 9.82. The smallest absolute Gasteiger partial charge is 0.348 e. The predicted molar refractivity (Wildman–Crippen MR) is 101 cm³/mol. The predicted octanol–water partition coefficient (Wildman–Crippen LogP) is 1.35. The highest BCUT2D eigenvalue weighted by Gasteiger charge is 2.32. The fraction of sp³-hybridized carbons (Fsp3) is 0.611. The van der Waals surface area contributed by atoms with E-state index in [0.717, 1.165) is 37.5 Å². The van der Waals surface area contributed by atoms with Gasteiger partial charge in [0, 0.05) is 25.7 Å². The minimum atomic E-state index is -0.589. The number of thiophene rings is 1. The number of amides is 1. The highest BCUT2D eigenvalue weighted by molar-refractivity contribution is 7.18. The summed E-state index contributed by atoms with van der Waals surface area (Å²) >= 11 is 1.03. The first-order valence-electron chi connectivity index (χ1n) is 9.00. The maximum Gasteiger partial charge on any atom is 0.348 e. The molecule has 2 saturated heterocycles. The van der Waals surface area contributed by atoms with Crippen LogP contribution < -0.4 is 5.32 Å². The third-order valence-corrected chi connectivity index (χ3v) is 6.39. The molecule has 0 spiro atoms. The van der Waals surface area contributed by atoms with E-state index in [1.165, 1.54) is 27.1 Å². The Morgan fingerprint density at radius 1 is 1.15 bits per heavy atom. The third kappa shape index (κ3) is 4.15. The van der Waals surface area contributed by atoms with E-state index < -0.39 is 11.9 Å². The summed E-state index contributed by atoms with van der Waals surface area (Å²) in [7, 11) is 2.55. The average Bonchev–Trinajstić information content (AvgIpc) is 3.24. The number of hydrogen-bond donors (Lipinski definition) is 1. The van der Waals surface area contributed by atoms with Crippen molar-refractivity contribution in [1.82, 2.24) is 9.80 Å². The van der Waals surface area contributed by atoms with E-state index in [1.807, 2.05) is 0 Å². The number of anilines is 1. The van der Waals surface area contributed by atoms with Gasteiger partial charge in [0.2, 0.25) is 5.91 Å². The number of esters is 2. The second-order valence-corrected chi connectivity index (χ2v) is 7.88. The fourth-order valence-corrected chi connectivity index (χ4v) is 4.93. The lowest BCUT2D eigenvalue weighted by Gasteiger charge is -2.37. The van der Waals surface area contributed by atoms with Gasteiger partial charge in [0.1, 0.15) is 9.88 Å². The van der Waals surface area contributed by atoms with Crippen molar-refractivity contribution in [2.45, 2.75) is 25.8 Å². The van der Waals surface area contributed by atoms with E-state index in [9.17, 15) is 14.4 Å². The number of methoxy groups -OCH3 is 2. The van der Waals surface area contributed by atoms with Crippen molar-refractivity contribution in [2.24, 2.45) is 0 Å². The number of hydrogen-bond acceptors (Lipinski definition) is 8. The molecule has 1 unspecified atom stereocenters. The summed E-state index contributed by atoms with van der Waals surface area (Å²) in [5.74, 6) is -1.33. The van der Waals surface area contributed by atoms with Crippen LogP contribution in [0.4, 0.5) is 5.00 Å². The summed E-state index contributed by atoms with van der Waals surface area (Å²) in [6.07, 6.45) is 2.40. The number of nitrogens with one attached hydrogen (secondary N) is 1. The molecule has 27 heavy (non-hydrogen) atoms. The summed E-state index contributed by atoms with van der Waals surface area (Å²) < 4.78 is 9.57. The van der Waals surface area contributed by atoms with E-state index in [0.29, 0.717) is 16.6 Å². The molecule has 1 N–H and O–H groups in total. The Hall–Kier alpha value is -1.97. The Morgan fingerprint density at radius 3 is 2.59 bits per heavy atom. The monoisotopic (exact) mass is 395 g/mol. The maximum absolute atomic E-state index is 12.6. The molecule has 2 fully saturated rings. The first kappa shape index (κ1) is 19.8. The molecule has 148 valence electrons. The normalized spacial score (nSPS) is 20.2. The van der Waals surface area contributed by atoms with Gasteiger partial charge in [-0.3, -0.25) is 14.6 Å². The molecule has 0 aromatic carbocycles. The molecule has 3 heterocycles. The number of rotatable bonds is 5. The lowest BCUT2D eigenvalue weighted by molar-refractivity contribution is -0.117. The zero-order valence-corrected chi connectivity index (χ0v) is 16.7. The topological polar surface area (TPSA) is 88.2 Å². The number of carbonyl (C=O) groups excluding carboxylic acids is 3. The van der Waals surface area contributed by atoms with Crippen LogP contribution in [0.5, 0.6) is 0 Å². The average molecular weight is 395 g/mol. The molecule has 0 radical (unpaired) electrons. The molecule has 0 saturated carbocycles. The Bertz CT molecular complexity index is 748. The Morgan fingerprint density at radius 2 is 1.89 bits per heavy atom. The summed E-state index contributed by atoms with van der Waals surface area (Å²) in [6.45, 7) is 5.77. The van der Waals surface area contributed by atoms with Crippen molar-refractivity contribution in [3.63, 3.8) is 0 Å². The largest absolute Gasteiger partial charge is 0.465 e. The molecule has 0 aliphatic carbocycles. The molecular weight excluding hydrogens is 370 g/mol. The third-order valence-electron chi connectivity index (χ3n) is 5.20. The quantitative estimate of drug-likeness (QED) is 0.753. The molecule has 1 atom stereocenters. The Labute approximate surface area is 162 Å². The lowest BCUT2D eigenvalue weighted by Crippen LogP contribution is -2.51. The van der Waals surface area contributed by atoms with Crippen LogP contribution in [0.2, 0.25) is 0 Å². The van der Waals surface area contributed by atoms with Crippen molar-refractivity contribution >= 4 is 34.2 Å². The number of ether oxygens (including phenoxy) is 2. The van der Waals surface area contributed by atoms with Gasteiger partial charge in [0.05, 0.1) is 26.3 Å². The van der Waals surface area contributed by atoms with E-state index >= 15 is 0 Å². The van der Waals surface area contributed by atoms with Gasteiger partial charge in [-0.2, -0.15) is 0 Å². The van der Waals surface area contributed by atoms with Gasteiger partial charge >= 0.3 is 11.9 Å². The molecule has 3 rings (SSSR count). The van der Waals surface area contributed by atoms with Crippen LogP contribution in [0, 0.1) is 6.92 Å². The summed E-state index contributed by atoms with van der Waals surface area (Å²) in [5.41, 5.74) is 0.658. The molecule has 2 aliphatic rings. The summed E-state index contributed by atoms with van der Waals surface area (Å²) in [6, 6.07) is 0.534. The molecular formula is C18H25N3O5S. The second-order valence-electron chi connectivity index (χ2n) is 6.86. The van der Waals surface area contributed by atoms with Gasteiger partial charge in [-0.05, 0) is 31.9 Å². The SMILES string of the molecule is COC(=O)c1sc(NC(=O)CN2CCN3CCCC3C2)c(C(=O)OC)c1C. The molecule has 1 aromatic rings. The highest BCUT2D eigenvalue weighted by Crippen LogP contribution is 2.34. The summed E-state index contributed by atoms with van der Waals surface area (Å²) in [5, 5.41) is 3.11. The first-order chi connectivity index (χ1) is 12.9. The van der Waals surface area contributed by atoms with Gasteiger partial charge in [-0.1, -0.05) is 0 Å². The van der Waals surface area contributed by atoms with Crippen molar-refractivity contribution in [3.05, 3.63) is 16.0 Å². The van der Waals surface area contributed by atoms with Crippen molar-refractivity contribution in [1.29, 1.82) is 0 Å². The molecule has 0 bridgehead atoms. The maximum atomic E-state index is 12.6. The number of fused-ring (bicyclic) bond motifs is 1. The van der Waals surface area contributed by atoms with Crippen LogP contribution in [-0.2, 0) is 14.3 Å². The van der Waals surface area contributed by atoms with Crippen LogP contribution in [-0.4, -0.2) is 80.6 Å².